The summed E-state index contributed by atoms with van der Waals surface area (Å²) in [5.41, 5.74) is 0. The van der Waals surface area contributed by atoms with Crippen molar-refractivity contribution >= 4 is 11.8 Å². The molecule has 0 radical (unpaired) electrons. The Balaban J connectivity index is 2.21. The SMILES string of the molecule is CCCN1C(=O)C2CCCN2C(=O)C1C. The molecular formula is C11H18N2O2. The topological polar surface area (TPSA) is 40.6 Å². The van der Waals surface area contributed by atoms with Crippen LogP contribution in [-0.4, -0.2) is 46.8 Å². The molecule has 2 aliphatic rings. The van der Waals surface area contributed by atoms with Gasteiger partial charge in [-0.2, -0.15) is 0 Å². The van der Waals surface area contributed by atoms with E-state index < -0.39 is 0 Å². The third kappa shape index (κ3) is 1.52. The lowest BCUT2D eigenvalue weighted by atomic mass is 10.1. The monoisotopic (exact) mass is 210 g/mol. The van der Waals surface area contributed by atoms with Gasteiger partial charge in [0.05, 0.1) is 0 Å². The molecule has 2 unspecified atom stereocenters. The van der Waals surface area contributed by atoms with Crippen LogP contribution < -0.4 is 0 Å². The van der Waals surface area contributed by atoms with Crippen molar-refractivity contribution in [1.82, 2.24) is 9.80 Å². The van der Waals surface area contributed by atoms with Gasteiger partial charge in [0.25, 0.3) is 0 Å². The Labute approximate surface area is 90.2 Å². The van der Waals surface area contributed by atoms with Crippen molar-refractivity contribution in [2.45, 2.75) is 45.2 Å². The molecule has 84 valence electrons. The molecule has 4 heteroatoms. The number of piperazine rings is 1. The maximum absolute atomic E-state index is 12.1. The van der Waals surface area contributed by atoms with E-state index >= 15 is 0 Å². The zero-order valence-electron chi connectivity index (χ0n) is 9.40. The van der Waals surface area contributed by atoms with Crippen molar-refractivity contribution < 1.29 is 9.59 Å². The lowest BCUT2D eigenvalue weighted by Crippen LogP contribution is -2.61. The fourth-order valence-electron chi connectivity index (χ4n) is 2.59. The van der Waals surface area contributed by atoms with Crippen molar-refractivity contribution in [3.63, 3.8) is 0 Å². The third-order valence-electron chi connectivity index (χ3n) is 3.39. The van der Waals surface area contributed by atoms with Crippen LogP contribution in [0.5, 0.6) is 0 Å². The Morgan fingerprint density at radius 1 is 1.33 bits per heavy atom. The Hall–Kier alpha value is -1.06. The van der Waals surface area contributed by atoms with E-state index in [1.165, 1.54) is 0 Å². The molecule has 0 aromatic rings. The van der Waals surface area contributed by atoms with Gasteiger partial charge in [-0.05, 0) is 26.2 Å². The molecule has 0 spiro atoms. The molecule has 0 aliphatic carbocycles. The predicted octanol–water partition coefficient (Wildman–Crippen LogP) is 0.618. The third-order valence-corrected chi connectivity index (χ3v) is 3.39. The standard InChI is InChI=1S/C11H18N2O2/c1-3-6-12-8(2)10(14)13-7-4-5-9(13)11(12)15/h8-9H,3-7H2,1-2H3. The van der Waals surface area contributed by atoms with E-state index in [2.05, 4.69) is 0 Å². The van der Waals surface area contributed by atoms with E-state index in [1.54, 1.807) is 9.80 Å². The van der Waals surface area contributed by atoms with Gasteiger partial charge in [0.1, 0.15) is 12.1 Å². The zero-order chi connectivity index (χ0) is 11.0. The lowest BCUT2D eigenvalue weighted by Gasteiger charge is -2.40. The Bertz CT molecular complexity index is 290. The number of carbonyl (C=O) groups excluding carboxylic acids is 2. The molecule has 0 aromatic heterocycles. The molecule has 0 N–H and O–H groups in total. The van der Waals surface area contributed by atoms with Crippen molar-refractivity contribution in [2.24, 2.45) is 0 Å². The molecule has 2 atom stereocenters. The van der Waals surface area contributed by atoms with Gasteiger partial charge in [-0.3, -0.25) is 9.59 Å². The Morgan fingerprint density at radius 3 is 2.73 bits per heavy atom. The van der Waals surface area contributed by atoms with Crippen LogP contribution >= 0.6 is 0 Å². The van der Waals surface area contributed by atoms with Gasteiger partial charge in [-0.15, -0.1) is 0 Å². The number of rotatable bonds is 2. The molecule has 15 heavy (non-hydrogen) atoms. The average Bonchev–Trinajstić information content (AvgIpc) is 2.70. The van der Waals surface area contributed by atoms with Crippen molar-refractivity contribution in [3.05, 3.63) is 0 Å². The second-order valence-corrected chi connectivity index (χ2v) is 4.40. The summed E-state index contributed by atoms with van der Waals surface area (Å²) in [5, 5.41) is 0. The molecule has 2 fully saturated rings. The number of carbonyl (C=O) groups is 2. The van der Waals surface area contributed by atoms with Crippen molar-refractivity contribution in [1.29, 1.82) is 0 Å². The molecule has 0 bridgehead atoms. The van der Waals surface area contributed by atoms with Crippen LogP contribution in [0.15, 0.2) is 0 Å². The highest BCUT2D eigenvalue weighted by atomic mass is 16.2. The van der Waals surface area contributed by atoms with Crippen molar-refractivity contribution in [2.75, 3.05) is 13.1 Å². The summed E-state index contributed by atoms with van der Waals surface area (Å²) in [6, 6.07) is -0.410. The average molecular weight is 210 g/mol. The van der Waals surface area contributed by atoms with Crippen LogP contribution in [0.2, 0.25) is 0 Å². The first kappa shape index (κ1) is 10.5. The maximum Gasteiger partial charge on any atom is 0.246 e. The zero-order valence-corrected chi connectivity index (χ0v) is 9.40. The van der Waals surface area contributed by atoms with E-state index in [4.69, 9.17) is 0 Å². The summed E-state index contributed by atoms with van der Waals surface area (Å²) in [7, 11) is 0. The van der Waals surface area contributed by atoms with Crippen LogP contribution in [0.4, 0.5) is 0 Å². The smallest absolute Gasteiger partial charge is 0.246 e. The summed E-state index contributed by atoms with van der Waals surface area (Å²) in [4.78, 5) is 27.6. The summed E-state index contributed by atoms with van der Waals surface area (Å²) < 4.78 is 0. The molecule has 2 amide bonds. The molecule has 2 aliphatic heterocycles. The van der Waals surface area contributed by atoms with E-state index in [-0.39, 0.29) is 23.9 Å². The first-order valence-corrected chi connectivity index (χ1v) is 5.77. The first-order valence-electron chi connectivity index (χ1n) is 5.77. The van der Waals surface area contributed by atoms with E-state index in [1.807, 2.05) is 13.8 Å². The lowest BCUT2D eigenvalue weighted by molar-refractivity contribution is -0.158. The second-order valence-electron chi connectivity index (χ2n) is 4.40. The first-order chi connectivity index (χ1) is 7.16. The molecule has 2 heterocycles. The van der Waals surface area contributed by atoms with Crippen molar-refractivity contribution in [3.8, 4) is 0 Å². The van der Waals surface area contributed by atoms with E-state index in [0.717, 1.165) is 25.8 Å². The highest BCUT2D eigenvalue weighted by Gasteiger charge is 2.45. The highest BCUT2D eigenvalue weighted by molar-refractivity contribution is 5.97. The van der Waals surface area contributed by atoms with Gasteiger partial charge >= 0.3 is 0 Å². The number of fused-ring (bicyclic) bond motifs is 1. The second kappa shape index (κ2) is 3.83. The Kier molecular flexibility index (Phi) is 2.67. The van der Waals surface area contributed by atoms with Crippen LogP contribution in [0.3, 0.4) is 0 Å². The predicted molar refractivity (Wildman–Crippen MR) is 56.2 cm³/mol. The molecule has 0 aromatic carbocycles. The quantitative estimate of drug-likeness (QED) is 0.670. The van der Waals surface area contributed by atoms with Gasteiger partial charge in [-0.25, -0.2) is 0 Å². The fraction of sp³-hybridized carbons (Fsp3) is 0.818. The van der Waals surface area contributed by atoms with Gasteiger partial charge in [-0.1, -0.05) is 6.92 Å². The number of amides is 2. The number of nitrogens with zero attached hydrogens (tertiary/aromatic N) is 2. The normalized spacial score (nSPS) is 31.1. The van der Waals surface area contributed by atoms with Crippen LogP contribution in [-0.2, 0) is 9.59 Å². The van der Waals surface area contributed by atoms with Gasteiger partial charge in [0, 0.05) is 13.1 Å². The fourth-order valence-corrected chi connectivity index (χ4v) is 2.59. The minimum absolute atomic E-state index is 0.130. The summed E-state index contributed by atoms with van der Waals surface area (Å²) in [6.07, 6.45) is 2.72. The summed E-state index contributed by atoms with van der Waals surface area (Å²) >= 11 is 0. The van der Waals surface area contributed by atoms with Gasteiger partial charge < -0.3 is 9.80 Å². The van der Waals surface area contributed by atoms with E-state index in [0.29, 0.717) is 6.54 Å². The number of hydrogen-bond acceptors (Lipinski definition) is 2. The minimum atomic E-state index is -0.258. The van der Waals surface area contributed by atoms with Crippen LogP contribution in [0.25, 0.3) is 0 Å². The van der Waals surface area contributed by atoms with Gasteiger partial charge in [0.15, 0.2) is 0 Å². The molecule has 0 saturated carbocycles. The highest BCUT2D eigenvalue weighted by Crippen LogP contribution is 2.26. The molecule has 4 nitrogen and oxygen atoms in total. The maximum atomic E-state index is 12.1. The van der Waals surface area contributed by atoms with Crippen LogP contribution in [0, 0.1) is 0 Å². The largest absolute Gasteiger partial charge is 0.329 e. The summed E-state index contributed by atoms with van der Waals surface area (Å²) in [5.74, 6) is 0.284. The van der Waals surface area contributed by atoms with Gasteiger partial charge in [0.2, 0.25) is 11.8 Å². The van der Waals surface area contributed by atoms with E-state index in [9.17, 15) is 9.59 Å². The minimum Gasteiger partial charge on any atom is -0.329 e. The number of hydrogen-bond donors (Lipinski definition) is 0. The molecule has 2 saturated heterocycles. The van der Waals surface area contributed by atoms with Crippen LogP contribution in [0.1, 0.15) is 33.1 Å². The Morgan fingerprint density at radius 2 is 2.07 bits per heavy atom. The molecule has 2 rings (SSSR count). The molecular weight excluding hydrogens is 192 g/mol. The summed E-state index contributed by atoms with van der Waals surface area (Å²) in [6.45, 7) is 5.34.